The summed E-state index contributed by atoms with van der Waals surface area (Å²) in [5, 5.41) is 13.0. The lowest BCUT2D eigenvalue weighted by atomic mass is 10.1. The van der Waals surface area contributed by atoms with Gasteiger partial charge in [-0.1, -0.05) is 18.2 Å². The van der Waals surface area contributed by atoms with Gasteiger partial charge >= 0.3 is 0 Å². The van der Waals surface area contributed by atoms with Crippen molar-refractivity contribution in [3.63, 3.8) is 0 Å². The molecule has 2 aromatic carbocycles. The number of benzene rings is 2. The number of amides is 2. The molecule has 0 saturated heterocycles. The zero-order chi connectivity index (χ0) is 16.8. The molecule has 2 aromatic rings. The molecule has 0 atom stereocenters. The molecule has 7 heteroatoms. The summed E-state index contributed by atoms with van der Waals surface area (Å²) in [6.45, 7) is 0. The normalized spacial score (nSPS) is 10.9. The van der Waals surface area contributed by atoms with Crippen LogP contribution in [0.5, 0.6) is 0 Å². The fraction of sp³-hybridized carbons (Fsp3) is 0. The number of nitrogens with two attached hydrogens (primary N) is 1. The minimum absolute atomic E-state index is 0.0731. The number of hydrogen-bond acceptors (Lipinski definition) is 4. The van der Waals surface area contributed by atoms with Crippen molar-refractivity contribution in [1.82, 2.24) is 5.32 Å². The van der Waals surface area contributed by atoms with Crippen molar-refractivity contribution < 1.29 is 14.5 Å². The Kier molecular flexibility index (Phi) is 4.83. The molecule has 23 heavy (non-hydrogen) atoms. The molecular weight excluding hydrogens is 298 g/mol. The first kappa shape index (κ1) is 15.9. The van der Waals surface area contributed by atoms with Gasteiger partial charge in [-0.05, 0) is 35.9 Å². The van der Waals surface area contributed by atoms with Gasteiger partial charge in [-0.25, -0.2) is 0 Å². The highest BCUT2D eigenvalue weighted by Crippen LogP contribution is 2.14. The van der Waals surface area contributed by atoms with Gasteiger partial charge in [-0.3, -0.25) is 19.7 Å². The van der Waals surface area contributed by atoms with E-state index in [1.54, 1.807) is 30.3 Å². The Balaban J connectivity index is 2.22. The zero-order valence-corrected chi connectivity index (χ0v) is 11.9. The van der Waals surface area contributed by atoms with Crippen molar-refractivity contribution >= 4 is 23.6 Å². The van der Waals surface area contributed by atoms with Crippen molar-refractivity contribution in [2.75, 3.05) is 0 Å². The van der Waals surface area contributed by atoms with Gasteiger partial charge in [0.05, 0.1) is 4.92 Å². The second-order valence-corrected chi connectivity index (χ2v) is 4.59. The van der Waals surface area contributed by atoms with Crippen LogP contribution >= 0.6 is 0 Å². The second kappa shape index (κ2) is 6.99. The van der Waals surface area contributed by atoms with E-state index in [0.717, 1.165) is 0 Å². The number of carbonyl (C=O) groups excluding carboxylic acids is 2. The van der Waals surface area contributed by atoms with Crippen LogP contribution < -0.4 is 11.1 Å². The molecule has 2 amide bonds. The van der Waals surface area contributed by atoms with Crippen molar-refractivity contribution in [1.29, 1.82) is 0 Å². The predicted octanol–water partition coefficient (Wildman–Crippen LogP) is 1.85. The number of carbonyl (C=O) groups is 2. The molecule has 0 bridgehead atoms. The van der Waals surface area contributed by atoms with Crippen LogP contribution in [0.4, 0.5) is 5.69 Å². The molecular formula is C16H13N3O4. The maximum Gasteiger partial charge on any atom is 0.269 e. The van der Waals surface area contributed by atoms with Crippen LogP contribution in [0.25, 0.3) is 6.08 Å². The molecule has 3 N–H and O–H groups in total. The number of nitro benzene ring substituents is 1. The smallest absolute Gasteiger partial charge is 0.269 e. The molecule has 2 rings (SSSR count). The third-order valence-electron chi connectivity index (χ3n) is 2.96. The fourth-order valence-electron chi connectivity index (χ4n) is 1.81. The third kappa shape index (κ3) is 4.24. The van der Waals surface area contributed by atoms with Crippen molar-refractivity contribution in [2.24, 2.45) is 5.73 Å². The lowest BCUT2D eigenvalue weighted by Crippen LogP contribution is -2.31. The first-order valence-electron chi connectivity index (χ1n) is 6.60. The van der Waals surface area contributed by atoms with E-state index in [2.05, 4.69) is 5.32 Å². The van der Waals surface area contributed by atoms with Crippen LogP contribution in [0.15, 0.2) is 60.3 Å². The summed E-state index contributed by atoms with van der Waals surface area (Å²) in [7, 11) is 0. The molecule has 0 radical (unpaired) electrons. The Morgan fingerprint density at radius 2 is 1.65 bits per heavy atom. The van der Waals surface area contributed by atoms with Gasteiger partial charge in [0.15, 0.2) is 0 Å². The molecule has 0 saturated carbocycles. The summed E-state index contributed by atoms with van der Waals surface area (Å²) < 4.78 is 0. The standard InChI is InChI=1S/C16H13N3O4/c17-15(20)14(18-16(21)12-4-2-1-3-5-12)10-11-6-8-13(9-7-11)19(22)23/h1-10H,(H2,17,20)(H,18,21)/b14-10+. The highest BCUT2D eigenvalue weighted by Gasteiger charge is 2.12. The van der Waals surface area contributed by atoms with Crippen LogP contribution in [0.2, 0.25) is 0 Å². The van der Waals surface area contributed by atoms with Gasteiger partial charge in [-0.15, -0.1) is 0 Å². The van der Waals surface area contributed by atoms with E-state index in [1.807, 2.05) is 0 Å². The molecule has 0 aromatic heterocycles. The molecule has 0 aliphatic carbocycles. The van der Waals surface area contributed by atoms with Gasteiger partial charge < -0.3 is 11.1 Å². The van der Waals surface area contributed by atoms with E-state index < -0.39 is 16.7 Å². The minimum Gasteiger partial charge on any atom is -0.364 e. The number of nitro groups is 1. The highest BCUT2D eigenvalue weighted by atomic mass is 16.6. The van der Waals surface area contributed by atoms with Gasteiger partial charge in [0, 0.05) is 17.7 Å². The average molecular weight is 311 g/mol. The van der Waals surface area contributed by atoms with Crippen LogP contribution in [0, 0.1) is 10.1 Å². The topological polar surface area (TPSA) is 115 Å². The summed E-state index contributed by atoms with van der Waals surface area (Å²) >= 11 is 0. The maximum absolute atomic E-state index is 12.0. The van der Waals surface area contributed by atoms with Gasteiger partial charge in [-0.2, -0.15) is 0 Å². The second-order valence-electron chi connectivity index (χ2n) is 4.59. The number of nitrogens with zero attached hydrogens (tertiary/aromatic N) is 1. The summed E-state index contributed by atoms with van der Waals surface area (Å²) in [6.07, 6.45) is 1.35. The fourth-order valence-corrected chi connectivity index (χ4v) is 1.81. The Morgan fingerprint density at radius 1 is 1.04 bits per heavy atom. The maximum atomic E-state index is 12.0. The first-order chi connectivity index (χ1) is 11.0. The Hall–Kier alpha value is -3.48. The summed E-state index contributed by atoms with van der Waals surface area (Å²) in [5.74, 6) is -1.29. The third-order valence-corrected chi connectivity index (χ3v) is 2.96. The number of hydrogen-bond donors (Lipinski definition) is 2. The molecule has 0 spiro atoms. The van der Waals surface area contributed by atoms with Gasteiger partial charge in [0.25, 0.3) is 17.5 Å². The lowest BCUT2D eigenvalue weighted by molar-refractivity contribution is -0.384. The molecule has 0 heterocycles. The SMILES string of the molecule is NC(=O)/C(=C\c1ccc([N+](=O)[O-])cc1)NC(=O)c1ccccc1. The van der Waals surface area contributed by atoms with Gasteiger partial charge in [0.2, 0.25) is 0 Å². The molecule has 116 valence electrons. The summed E-state index contributed by atoms with van der Waals surface area (Å²) in [5.41, 5.74) is 5.96. The quantitative estimate of drug-likeness (QED) is 0.498. The number of nitrogens with one attached hydrogen (secondary N) is 1. The van der Waals surface area contributed by atoms with E-state index in [4.69, 9.17) is 5.73 Å². The lowest BCUT2D eigenvalue weighted by Gasteiger charge is -2.07. The molecule has 0 fully saturated rings. The van der Waals surface area contributed by atoms with E-state index in [1.165, 1.54) is 30.3 Å². The number of rotatable bonds is 5. The Labute approximate surface area is 131 Å². The van der Waals surface area contributed by atoms with E-state index in [9.17, 15) is 19.7 Å². The molecule has 0 aliphatic rings. The summed E-state index contributed by atoms with van der Waals surface area (Å²) in [4.78, 5) is 33.6. The number of primary amides is 1. The first-order valence-corrected chi connectivity index (χ1v) is 6.60. The molecule has 7 nitrogen and oxygen atoms in total. The van der Waals surface area contributed by atoms with E-state index in [-0.39, 0.29) is 11.4 Å². The van der Waals surface area contributed by atoms with Crippen molar-refractivity contribution in [2.45, 2.75) is 0 Å². The van der Waals surface area contributed by atoms with Crippen molar-refractivity contribution in [3.8, 4) is 0 Å². The molecule has 0 unspecified atom stereocenters. The van der Waals surface area contributed by atoms with Crippen LogP contribution in [0.3, 0.4) is 0 Å². The Bertz CT molecular complexity index is 768. The Morgan fingerprint density at radius 3 is 2.17 bits per heavy atom. The zero-order valence-electron chi connectivity index (χ0n) is 11.9. The van der Waals surface area contributed by atoms with E-state index in [0.29, 0.717) is 11.1 Å². The van der Waals surface area contributed by atoms with Gasteiger partial charge in [0.1, 0.15) is 5.70 Å². The predicted molar refractivity (Wildman–Crippen MR) is 84.2 cm³/mol. The van der Waals surface area contributed by atoms with Crippen LogP contribution in [-0.2, 0) is 4.79 Å². The van der Waals surface area contributed by atoms with Crippen molar-refractivity contribution in [3.05, 3.63) is 81.5 Å². The molecule has 0 aliphatic heterocycles. The minimum atomic E-state index is -0.812. The van der Waals surface area contributed by atoms with Crippen LogP contribution in [0.1, 0.15) is 15.9 Å². The van der Waals surface area contributed by atoms with Crippen LogP contribution in [-0.4, -0.2) is 16.7 Å². The largest absolute Gasteiger partial charge is 0.364 e. The van der Waals surface area contributed by atoms with E-state index >= 15 is 0 Å². The highest BCUT2D eigenvalue weighted by molar-refractivity contribution is 6.04. The monoisotopic (exact) mass is 311 g/mol. The summed E-state index contributed by atoms with van der Waals surface area (Å²) in [6, 6.07) is 13.8. The number of non-ortho nitro benzene ring substituents is 1. The average Bonchev–Trinajstić information content (AvgIpc) is 2.55.